The highest BCUT2D eigenvalue weighted by molar-refractivity contribution is 5.54. The summed E-state index contributed by atoms with van der Waals surface area (Å²) in [6.45, 7) is 1.54. The van der Waals surface area contributed by atoms with Gasteiger partial charge in [-0.25, -0.2) is 0 Å². The van der Waals surface area contributed by atoms with E-state index in [1.807, 2.05) is 12.1 Å². The van der Waals surface area contributed by atoms with Crippen molar-refractivity contribution in [2.45, 2.75) is 25.0 Å². The Labute approximate surface area is 125 Å². The third kappa shape index (κ3) is 2.56. The lowest BCUT2D eigenvalue weighted by Gasteiger charge is -2.33. The van der Waals surface area contributed by atoms with Crippen molar-refractivity contribution < 1.29 is 23.7 Å². The van der Waals surface area contributed by atoms with Crippen molar-refractivity contribution in [1.82, 2.24) is 0 Å². The topological polar surface area (TPSA) is 46.2 Å². The van der Waals surface area contributed by atoms with Crippen LogP contribution in [-0.4, -0.2) is 40.6 Å². The predicted molar refractivity (Wildman–Crippen MR) is 77.3 cm³/mol. The summed E-state index contributed by atoms with van der Waals surface area (Å²) in [5.74, 6) is 2.34. The molecule has 116 valence electrons. The molecule has 0 aliphatic carbocycles. The number of fused-ring (bicyclic) bond motifs is 1. The summed E-state index contributed by atoms with van der Waals surface area (Å²) >= 11 is 0. The first-order valence-electron chi connectivity index (χ1n) is 7.31. The largest absolute Gasteiger partial charge is 0.493 e. The standard InChI is InChI=1S/C16H22O5/c1-17-13-8-10(9-14(18-2)16(13)19-3)15-11-4-6-20-12(11)5-7-21-15/h8-9,11-12,15H,4-7H2,1-3H3/t11-,12+,15+/m1/s1. The van der Waals surface area contributed by atoms with Gasteiger partial charge in [0, 0.05) is 19.1 Å². The average molecular weight is 294 g/mol. The Kier molecular flexibility index (Phi) is 4.22. The second-order valence-corrected chi connectivity index (χ2v) is 5.40. The van der Waals surface area contributed by atoms with Gasteiger partial charge in [-0.2, -0.15) is 0 Å². The van der Waals surface area contributed by atoms with Crippen molar-refractivity contribution in [2.75, 3.05) is 34.5 Å². The SMILES string of the molecule is COc1cc([C@@H]2OCC[C@@H]3OCC[C@H]32)cc(OC)c1OC. The Morgan fingerprint density at radius 2 is 1.57 bits per heavy atom. The molecule has 0 bridgehead atoms. The maximum atomic E-state index is 6.02. The van der Waals surface area contributed by atoms with Crippen LogP contribution in [0.2, 0.25) is 0 Å². The predicted octanol–water partition coefficient (Wildman–Crippen LogP) is 2.58. The van der Waals surface area contributed by atoms with E-state index in [9.17, 15) is 0 Å². The van der Waals surface area contributed by atoms with Gasteiger partial charge in [0.05, 0.1) is 33.5 Å². The molecular weight excluding hydrogens is 272 g/mol. The van der Waals surface area contributed by atoms with Crippen molar-refractivity contribution >= 4 is 0 Å². The molecule has 3 atom stereocenters. The number of rotatable bonds is 4. The molecule has 0 spiro atoms. The van der Waals surface area contributed by atoms with Gasteiger partial charge >= 0.3 is 0 Å². The van der Waals surface area contributed by atoms with Gasteiger partial charge in [-0.05, 0) is 30.5 Å². The van der Waals surface area contributed by atoms with Gasteiger partial charge in [0.2, 0.25) is 5.75 Å². The molecule has 2 fully saturated rings. The fourth-order valence-corrected chi connectivity index (χ4v) is 3.35. The molecule has 1 aromatic carbocycles. The molecule has 1 aromatic rings. The quantitative estimate of drug-likeness (QED) is 0.854. The Hall–Kier alpha value is -1.46. The number of methoxy groups -OCH3 is 3. The zero-order valence-electron chi connectivity index (χ0n) is 12.8. The molecule has 21 heavy (non-hydrogen) atoms. The Balaban J connectivity index is 1.97. The van der Waals surface area contributed by atoms with Gasteiger partial charge in [-0.15, -0.1) is 0 Å². The van der Waals surface area contributed by atoms with Crippen molar-refractivity contribution in [3.8, 4) is 17.2 Å². The third-order valence-electron chi connectivity index (χ3n) is 4.36. The van der Waals surface area contributed by atoms with Crippen LogP contribution < -0.4 is 14.2 Å². The average Bonchev–Trinajstić information content (AvgIpc) is 3.01. The maximum absolute atomic E-state index is 6.02. The van der Waals surface area contributed by atoms with E-state index in [-0.39, 0.29) is 6.10 Å². The molecule has 2 aliphatic heterocycles. The summed E-state index contributed by atoms with van der Waals surface area (Å²) in [4.78, 5) is 0. The van der Waals surface area contributed by atoms with Gasteiger partial charge in [-0.3, -0.25) is 0 Å². The summed E-state index contributed by atoms with van der Waals surface area (Å²) in [6, 6.07) is 3.96. The van der Waals surface area contributed by atoms with Gasteiger partial charge in [0.15, 0.2) is 11.5 Å². The molecule has 2 saturated heterocycles. The van der Waals surface area contributed by atoms with Gasteiger partial charge in [-0.1, -0.05) is 0 Å². The number of ether oxygens (including phenoxy) is 5. The van der Waals surface area contributed by atoms with Crippen LogP contribution in [0.5, 0.6) is 17.2 Å². The molecule has 0 saturated carbocycles. The molecule has 2 aliphatic rings. The molecule has 5 heteroatoms. The first-order valence-corrected chi connectivity index (χ1v) is 7.31. The van der Waals surface area contributed by atoms with Crippen LogP contribution in [0.3, 0.4) is 0 Å². The van der Waals surface area contributed by atoms with E-state index in [0.29, 0.717) is 29.3 Å². The van der Waals surface area contributed by atoms with Gasteiger partial charge in [0.1, 0.15) is 0 Å². The first-order chi connectivity index (χ1) is 10.3. The fourth-order valence-electron chi connectivity index (χ4n) is 3.35. The Morgan fingerprint density at radius 3 is 2.19 bits per heavy atom. The summed E-state index contributed by atoms with van der Waals surface area (Å²) in [7, 11) is 4.87. The lowest BCUT2D eigenvalue weighted by molar-refractivity contribution is -0.0761. The van der Waals surface area contributed by atoms with Crippen molar-refractivity contribution in [2.24, 2.45) is 5.92 Å². The van der Waals surface area contributed by atoms with E-state index in [2.05, 4.69) is 0 Å². The van der Waals surface area contributed by atoms with E-state index < -0.39 is 0 Å². The van der Waals surface area contributed by atoms with E-state index in [1.165, 1.54) is 0 Å². The second kappa shape index (κ2) is 6.12. The lowest BCUT2D eigenvalue weighted by Crippen LogP contribution is -2.31. The first kappa shape index (κ1) is 14.5. The highest BCUT2D eigenvalue weighted by Crippen LogP contribution is 2.45. The number of hydrogen-bond acceptors (Lipinski definition) is 5. The normalized spacial score (nSPS) is 28.0. The molecule has 2 heterocycles. The molecule has 0 N–H and O–H groups in total. The minimum atomic E-state index is 0.0277. The zero-order valence-corrected chi connectivity index (χ0v) is 12.8. The molecule has 0 unspecified atom stereocenters. The van der Waals surface area contributed by atoms with E-state index in [4.69, 9.17) is 23.7 Å². The summed E-state index contributed by atoms with van der Waals surface area (Å²) in [6.07, 6.45) is 2.35. The summed E-state index contributed by atoms with van der Waals surface area (Å²) in [5, 5.41) is 0. The smallest absolute Gasteiger partial charge is 0.203 e. The third-order valence-corrected chi connectivity index (χ3v) is 4.36. The van der Waals surface area contributed by atoms with Crippen LogP contribution >= 0.6 is 0 Å². The fraction of sp³-hybridized carbons (Fsp3) is 0.625. The van der Waals surface area contributed by atoms with Crippen LogP contribution in [-0.2, 0) is 9.47 Å². The van der Waals surface area contributed by atoms with Gasteiger partial charge in [0.25, 0.3) is 0 Å². The van der Waals surface area contributed by atoms with Crippen LogP contribution in [0.15, 0.2) is 12.1 Å². The molecule has 0 amide bonds. The van der Waals surface area contributed by atoms with Crippen molar-refractivity contribution in [3.05, 3.63) is 17.7 Å². The summed E-state index contributed by atoms with van der Waals surface area (Å²) in [5.41, 5.74) is 1.06. The zero-order chi connectivity index (χ0) is 14.8. The monoisotopic (exact) mass is 294 g/mol. The molecular formula is C16H22O5. The van der Waals surface area contributed by atoms with Crippen molar-refractivity contribution in [1.29, 1.82) is 0 Å². The second-order valence-electron chi connectivity index (χ2n) is 5.40. The van der Waals surface area contributed by atoms with Crippen LogP contribution in [0.25, 0.3) is 0 Å². The number of hydrogen-bond donors (Lipinski definition) is 0. The van der Waals surface area contributed by atoms with Gasteiger partial charge < -0.3 is 23.7 Å². The van der Waals surface area contributed by atoms with E-state index in [1.54, 1.807) is 21.3 Å². The highest BCUT2D eigenvalue weighted by Gasteiger charge is 2.39. The molecule has 5 nitrogen and oxygen atoms in total. The molecule has 0 radical (unpaired) electrons. The van der Waals surface area contributed by atoms with Crippen LogP contribution in [0, 0.1) is 5.92 Å². The van der Waals surface area contributed by atoms with Crippen LogP contribution in [0.4, 0.5) is 0 Å². The molecule has 3 rings (SSSR count). The Bertz CT molecular complexity index is 476. The van der Waals surface area contributed by atoms with Crippen molar-refractivity contribution in [3.63, 3.8) is 0 Å². The highest BCUT2D eigenvalue weighted by atomic mass is 16.5. The Morgan fingerprint density at radius 1 is 0.905 bits per heavy atom. The van der Waals surface area contributed by atoms with Crippen LogP contribution in [0.1, 0.15) is 24.5 Å². The maximum Gasteiger partial charge on any atom is 0.203 e. The van der Waals surface area contributed by atoms with E-state index >= 15 is 0 Å². The van der Waals surface area contributed by atoms with E-state index in [0.717, 1.165) is 31.6 Å². The lowest BCUT2D eigenvalue weighted by atomic mass is 9.86. The molecule has 0 aromatic heterocycles. The number of benzene rings is 1. The minimum absolute atomic E-state index is 0.0277. The minimum Gasteiger partial charge on any atom is -0.493 e. The summed E-state index contributed by atoms with van der Waals surface area (Å²) < 4.78 is 28.0.